The Kier molecular flexibility index (Phi) is 7.35. The van der Waals surface area contributed by atoms with Gasteiger partial charge in [0.25, 0.3) is 17.3 Å². The number of nitro benzene ring substituents is 2. The molecule has 0 aliphatic rings. The van der Waals surface area contributed by atoms with Crippen molar-refractivity contribution in [2.24, 2.45) is 0 Å². The number of furan rings is 1. The fraction of sp³-hybridized carbons (Fsp3) is 0.0800. The maximum absolute atomic E-state index is 12.7. The van der Waals surface area contributed by atoms with E-state index in [4.69, 9.17) is 25.5 Å². The molecule has 1 amide bonds. The third-order valence-electron chi connectivity index (χ3n) is 5.04. The molecule has 188 valence electrons. The van der Waals surface area contributed by atoms with Crippen LogP contribution in [-0.4, -0.2) is 15.8 Å². The highest BCUT2D eigenvalue weighted by molar-refractivity contribution is 6.30. The summed E-state index contributed by atoms with van der Waals surface area (Å²) >= 11 is 5.96. The SMILES string of the molecule is Cc1cc(Cl)ccc1Oc1cc(NC(=O)c2ccc(COc3ccc([N+](=O)[O-])cc3)o2)cc([N+](=O)[O-])c1. The Morgan fingerprint density at radius 2 is 1.65 bits per heavy atom. The molecule has 4 aromatic rings. The lowest BCUT2D eigenvalue weighted by atomic mass is 10.2. The van der Waals surface area contributed by atoms with Crippen molar-refractivity contribution in [2.75, 3.05) is 5.32 Å². The number of hydrogen-bond acceptors (Lipinski definition) is 8. The van der Waals surface area contributed by atoms with Crippen LogP contribution in [0.15, 0.2) is 77.2 Å². The van der Waals surface area contributed by atoms with Crippen molar-refractivity contribution in [1.82, 2.24) is 0 Å². The number of aryl methyl sites for hydroxylation is 1. The molecule has 0 saturated heterocycles. The lowest BCUT2D eigenvalue weighted by Gasteiger charge is -2.11. The van der Waals surface area contributed by atoms with Gasteiger partial charge in [0.1, 0.15) is 29.6 Å². The van der Waals surface area contributed by atoms with E-state index in [1.165, 1.54) is 54.6 Å². The normalized spacial score (nSPS) is 10.5. The Morgan fingerprint density at radius 1 is 0.919 bits per heavy atom. The van der Waals surface area contributed by atoms with Gasteiger partial charge in [-0.3, -0.25) is 25.0 Å². The molecule has 0 aliphatic carbocycles. The zero-order chi connectivity index (χ0) is 26.5. The largest absolute Gasteiger partial charge is 0.486 e. The summed E-state index contributed by atoms with van der Waals surface area (Å²) in [5.41, 5.74) is 0.503. The van der Waals surface area contributed by atoms with Crippen molar-refractivity contribution < 1.29 is 28.5 Å². The zero-order valence-corrected chi connectivity index (χ0v) is 19.9. The van der Waals surface area contributed by atoms with Crippen LogP contribution in [0.3, 0.4) is 0 Å². The minimum absolute atomic E-state index is 0.0274. The maximum Gasteiger partial charge on any atom is 0.291 e. The summed E-state index contributed by atoms with van der Waals surface area (Å²) in [7, 11) is 0. The van der Waals surface area contributed by atoms with E-state index in [0.717, 1.165) is 5.56 Å². The Bertz CT molecular complexity index is 1480. The molecule has 0 aliphatic heterocycles. The topological polar surface area (TPSA) is 147 Å². The van der Waals surface area contributed by atoms with Gasteiger partial charge in [0.2, 0.25) is 0 Å². The number of rotatable bonds is 9. The smallest absolute Gasteiger partial charge is 0.291 e. The Morgan fingerprint density at radius 3 is 2.32 bits per heavy atom. The fourth-order valence-corrected chi connectivity index (χ4v) is 3.49. The number of hydrogen-bond donors (Lipinski definition) is 1. The molecule has 4 rings (SSSR count). The van der Waals surface area contributed by atoms with Crippen LogP contribution in [-0.2, 0) is 6.61 Å². The first-order valence-electron chi connectivity index (χ1n) is 10.7. The van der Waals surface area contributed by atoms with Crippen LogP contribution in [0, 0.1) is 27.2 Å². The van der Waals surface area contributed by atoms with Gasteiger partial charge < -0.3 is 19.2 Å². The van der Waals surface area contributed by atoms with Crippen molar-refractivity contribution in [3.05, 3.63) is 115 Å². The van der Waals surface area contributed by atoms with Gasteiger partial charge in [-0.2, -0.15) is 0 Å². The lowest BCUT2D eigenvalue weighted by Crippen LogP contribution is -2.11. The number of nitrogens with one attached hydrogen (secondary N) is 1. The highest BCUT2D eigenvalue weighted by Crippen LogP contribution is 2.32. The highest BCUT2D eigenvalue weighted by atomic mass is 35.5. The molecule has 0 unspecified atom stereocenters. The standard InChI is InChI=1S/C25H18ClN3O8/c1-15-10-16(26)2-8-23(15)37-22-12-17(11-19(13-22)29(33)34)27-25(30)24-9-7-21(36-24)14-35-20-5-3-18(4-6-20)28(31)32/h2-13H,14H2,1H3,(H,27,30). The molecule has 12 heteroatoms. The Balaban J connectivity index is 1.45. The number of carbonyl (C=O) groups is 1. The van der Waals surface area contributed by atoms with Gasteiger partial charge in [0.05, 0.1) is 21.6 Å². The van der Waals surface area contributed by atoms with E-state index in [1.54, 1.807) is 25.1 Å². The van der Waals surface area contributed by atoms with Gasteiger partial charge in [0.15, 0.2) is 5.76 Å². The molecular weight excluding hydrogens is 506 g/mol. The highest BCUT2D eigenvalue weighted by Gasteiger charge is 2.17. The molecule has 1 N–H and O–H groups in total. The first-order valence-corrected chi connectivity index (χ1v) is 11.1. The van der Waals surface area contributed by atoms with E-state index in [-0.39, 0.29) is 35.2 Å². The van der Waals surface area contributed by atoms with Gasteiger partial charge in [0, 0.05) is 29.3 Å². The van der Waals surface area contributed by atoms with Gasteiger partial charge in [-0.25, -0.2) is 0 Å². The summed E-state index contributed by atoms with van der Waals surface area (Å²) in [5, 5.41) is 25.2. The van der Waals surface area contributed by atoms with Gasteiger partial charge >= 0.3 is 0 Å². The summed E-state index contributed by atoms with van der Waals surface area (Å²) in [4.78, 5) is 33.8. The van der Waals surface area contributed by atoms with E-state index >= 15 is 0 Å². The monoisotopic (exact) mass is 523 g/mol. The third kappa shape index (κ3) is 6.41. The van der Waals surface area contributed by atoms with Crippen LogP contribution in [0.4, 0.5) is 17.1 Å². The molecule has 0 bridgehead atoms. The van der Waals surface area contributed by atoms with E-state index in [1.807, 2.05) is 0 Å². The van der Waals surface area contributed by atoms with Gasteiger partial charge in [-0.05, 0) is 55.0 Å². The van der Waals surface area contributed by atoms with Crippen molar-refractivity contribution in [1.29, 1.82) is 0 Å². The number of anilines is 1. The average Bonchev–Trinajstić information content (AvgIpc) is 3.34. The lowest BCUT2D eigenvalue weighted by molar-refractivity contribution is -0.385. The maximum atomic E-state index is 12.7. The molecule has 3 aromatic carbocycles. The van der Waals surface area contributed by atoms with Gasteiger partial charge in [-0.1, -0.05) is 11.6 Å². The molecule has 0 saturated carbocycles. The van der Waals surface area contributed by atoms with Crippen molar-refractivity contribution >= 4 is 34.6 Å². The number of ether oxygens (including phenoxy) is 2. The van der Waals surface area contributed by atoms with Crippen molar-refractivity contribution in [3.63, 3.8) is 0 Å². The molecule has 0 spiro atoms. The summed E-state index contributed by atoms with van der Waals surface area (Å²) in [5.74, 6) is 0.607. The van der Waals surface area contributed by atoms with E-state index in [9.17, 15) is 25.0 Å². The first kappa shape index (κ1) is 25.2. The summed E-state index contributed by atoms with van der Waals surface area (Å²) < 4.78 is 16.8. The molecule has 1 heterocycles. The van der Waals surface area contributed by atoms with E-state index in [0.29, 0.717) is 22.3 Å². The Labute approximate surface area is 214 Å². The quantitative estimate of drug-likeness (QED) is 0.188. The van der Waals surface area contributed by atoms with E-state index in [2.05, 4.69) is 5.32 Å². The van der Waals surface area contributed by atoms with Crippen LogP contribution >= 0.6 is 11.6 Å². The minimum Gasteiger partial charge on any atom is -0.486 e. The van der Waals surface area contributed by atoms with Crippen LogP contribution < -0.4 is 14.8 Å². The summed E-state index contributed by atoms with van der Waals surface area (Å²) in [6, 6.07) is 17.3. The second-order valence-electron chi connectivity index (χ2n) is 7.74. The molecular formula is C25H18ClN3O8. The van der Waals surface area contributed by atoms with Crippen LogP contribution in [0.25, 0.3) is 0 Å². The van der Waals surface area contributed by atoms with Gasteiger partial charge in [-0.15, -0.1) is 0 Å². The minimum atomic E-state index is -0.643. The summed E-state index contributed by atoms with van der Waals surface area (Å²) in [6.07, 6.45) is 0. The molecule has 0 radical (unpaired) electrons. The number of carbonyl (C=O) groups excluding carboxylic acids is 1. The Hall–Kier alpha value is -4.90. The second-order valence-corrected chi connectivity index (χ2v) is 8.18. The van der Waals surface area contributed by atoms with Crippen LogP contribution in [0.2, 0.25) is 5.02 Å². The molecule has 11 nitrogen and oxygen atoms in total. The van der Waals surface area contributed by atoms with Crippen molar-refractivity contribution in [3.8, 4) is 17.2 Å². The predicted molar refractivity (Wildman–Crippen MR) is 133 cm³/mol. The molecule has 37 heavy (non-hydrogen) atoms. The predicted octanol–water partition coefficient (Wildman–Crippen LogP) is 6.68. The molecule has 0 atom stereocenters. The molecule has 1 aromatic heterocycles. The van der Waals surface area contributed by atoms with E-state index < -0.39 is 15.8 Å². The third-order valence-corrected chi connectivity index (χ3v) is 5.27. The fourth-order valence-electron chi connectivity index (χ4n) is 3.26. The average molecular weight is 524 g/mol. The number of nitro groups is 2. The second kappa shape index (κ2) is 10.8. The number of halogens is 1. The van der Waals surface area contributed by atoms with Crippen molar-refractivity contribution in [2.45, 2.75) is 13.5 Å². The number of non-ortho nitro benzene ring substituents is 2. The summed E-state index contributed by atoms with van der Waals surface area (Å²) in [6.45, 7) is 1.75. The van der Waals surface area contributed by atoms with Crippen LogP contribution in [0.5, 0.6) is 17.2 Å². The first-order chi connectivity index (χ1) is 17.7. The number of amides is 1. The number of nitrogens with zero attached hydrogens (tertiary/aromatic N) is 2. The zero-order valence-electron chi connectivity index (χ0n) is 19.2. The molecule has 0 fully saturated rings. The van der Waals surface area contributed by atoms with Crippen LogP contribution in [0.1, 0.15) is 21.9 Å². The number of benzene rings is 3.